The summed E-state index contributed by atoms with van der Waals surface area (Å²) in [6.45, 7) is 1.78. The third-order valence-electron chi connectivity index (χ3n) is 2.93. The lowest BCUT2D eigenvalue weighted by Gasteiger charge is -2.24. The Hall–Kier alpha value is -1.32. The van der Waals surface area contributed by atoms with Crippen LogP contribution in [0.5, 0.6) is 5.75 Å². The smallest absolute Gasteiger partial charge is 0.115 e. The minimum absolute atomic E-state index is 0.206. The predicted octanol–water partition coefficient (Wildman–Crippen LogP) is 3.60. The Morgan fingerprint density at radius 2 is 1.78 bits per heavy atom. The van der Waals surface area contributed by atoms with E-state index in [-0.39, 0.29) is 5.75 Å². The SMILES string of the molecule is CC(O)(Cc1cccc(Br)c1)c1ccc(O)cc1. The van der Waals surface area contributed by atoms with Crippen LogP contribution in [0.15, 0.2) is 53.0 Å². The van der Waals surface area contributed by atoms with Crippen LogP contribution in [0.4, 0.5) is 0 Å². The summed E-state index contributed by atoms with van der Waals surface area (Å²) < 4.78 is 1.00. The molecule has 94 valence electrons. The summed E-state index contributed by atoms with van der Waals surface area (Å²) in [5.41, 5.74) is 0.900. The maximum atomic E-state index is 10.5. The van der Waals surface area contributed by atoms with Crippen LogP contribution >= 0.6 is 15.9 Å². The summed E-state index contributed by atoms with van der Waals surface area (Å²) in [4.78, 5) is 0. The van der Waals surface area contributed by atoms with E-state index in [2.05, 4.69) is 15.9 Å². The van der Waals surface area contributed by atoms with Crippen molar-refractivity contribution in [3.05, 3.63) is 64.1 Å². The van der Waals surface area contributed by atoms with Crippen LogP contribution in [0.3, 0.4) is 0 Å². The summed E-state index contributed by atoms with van der Waals surface area (Å²) in [5, 5.41) is 19.8. The molecule has 0 aliphatic rings. The van der Waals surface area contributed by atoms with Gasteiger partial charge in [-0.05, 0) is 42.3 Å². The molecule has 0 saturated heterocycles. The Labute approximate surface area is 115 Å². The Morgan fingerprint density at radius 3 is 2.39 bits per heavy atom. The molecule has 3 heteroatoms. The number of halogens is 1. The van der Waals surface area contributed by atoms with Crippen molar-refractivity contribution in [3.8, 4) is 5.75 Å². The molecule has 0 spiro atoms. The molecule has 0 amide bonds. The number of hydrogen-bond donors (Lipinski definition) is 2. The number of rotatable bonds is 3. The monoisotopic (exact) mass is 306 g/mol. The molecule has 1 unspecified atom stereocenters. The van der Waals surface area contributed by atoms with E-state index in [1.807, 2.05) is 24.3 Å². The fraction of sp³-hybridized carbons (Fsp3) is 0.200. The van der Waals surface area contributed by atoms with Gasteiger partial charge < -0.3 is 10.2 Å². The first kappa shape index (κ1) is 13.1. The fourth-order valence-corrected chi connectivity index (χ4v) is 2.41. The van der Waals surface area contributed by atoms with E-state index in [0.717, 1.165) is 15.6 Å². The van der Waals surface area contributed by atoms with Crippen molar-refractivity contribution >= 4 is 15.9 Å². The second-order valence-corrected chi connectivity index (χ2v) is 5.54. The van der Waals surface area contributed by atoms with Crippen LogP contribution in [0.25, 0.3) is 0 Å². The van der Waals surface area contributed by atoms with Gasteiger partial charge in [-0.25, -0.2) is 0 Å². The quantitative estimate of drug-likeness (QED) is 0.909. The van der Waals surface area contributed by atoms with E-state index in [1.165, 1.54) is 0 Å². The van der Waals surface area contributed by atoms with Crippen LogP contribution in [0, 0.1) is 0 Å². The Kier molecular flexibility index (Phi) is 3.73. The Bertz CT molecular complexity index is 532. The van der Waals surface area contributed by atoms with E-state index >= 15 is 0 Å². The standard InChI is InChI=1S/C15H15BrO2/c1-15(18,12-5-7-14(17)8-6-12)10-11-3-2-4-13(16)9-11/h2-9,17-18H,10H2,1H3. The second-order valence-electron chi connectivity index (χ2n) is 4.63. The van der Waals surface area contributed by atoms with Crippen LogP contribution in [-0.4, -0.2) is 10.2 Å². The summed E-state index contributed by atoms with van der Waals surface area (Å²) >= 11 is 3.42. The first-order valence-electron chi connectivity index (χ1n) is 5.74. The van der Waals surface area contributed by atoms with Gasteiger partial charge in [-0.15, -0.1) is 0 Å². The highest BCUT2D eigenvalue weighted by atomic mass is 79.9. The van der Waals surface area contributed by atoms with Gasteiger partial charge in [0.15, 0.2) is 0 Å². The highest BCUT2D eigenvalue weighted by Gasteiger charge is 2.23. The molecular weight excluding hydrogens is 292 g/mol. The van der Waals surface area contributed by atoms with Gasteiger partial charge in [0.2, 0.25) is 0 Å². The van der Waals surface area contributed by atoms with E-state index in [9.17, 15) is 10.2 Å². The molecule has 0 radical (unpaired) electrons. The van der Waals surface area contributed by atoms with Gasteiger partial charge in [0, 0.05) is 10.9 Å². The molecule has 18 heavy (non-hydrogen) atoms. The van der Waals surface area contributed by atoms with Crippen molar-refractivity contribution in [2.45, 2.75) is 18.9 Å². The lowest BCUT2D eigenvalue weighted by molar-refractivity contribution is 0.0576. The predicted molar refractivity (Wildman–Crippen MR) is 75.5 cm³/mol. The average Bonchev–Trinajstić information content (AvgIpc) is 2.29. The van der Waals surface area contributed by atoms with Crippen LogP contribution < -0.4 is 0 Å². The third-order valence-corrected chi connectivity index (χ3v) is 3.42. The van der Waals surface area contributed by atoms with E-state index in [4.69, 9.17) is 0 Å². The van der Waals surface area contributed by atoms with Crippen LogP contribution in [0.1, 0.15) is 18.1 Å². The normalized spacial score (nSPS) is 14.2. The highest BCUT2D eigenvalue weighted by molar-refractivity contribution is 9.10. The van der Waals surface area contributed by atoms with E-state index in [0.29, 0.717) is 6.42 Å². The van der Waals surface area contributed by atoms with Gasteiger partial charge in [-0.2, -0.15) is 0 Å². The minimum Gasteiger partial charge on any atom is -0.508 e. The minimum atomic E-state index is -0.950. The van der Waals surface area contributed by atoms with Crippen molar-refractivity contribution in [1.29, 1.82) is 0 Å². The van der Waals surface area contributed by atoms with Gasteiger partial charge in [0.25, 0.3) is 0 Å². The molecule has 0 heterocycles. The van der Waals surface area contributed by atoms with Crippen molar-refractivity contribution in [2.75, 3.05) is 0 Å². The van der Waals surface area contributed by atoms with Crippen LogP contribution in [0.2, 0.25) is 0 Å². The van der Waals surface area contributed by atoms with Gasteiger partial charge in [0.1, 0.15) is 5.75 Å². The van der Waals surface area contributed by atoms with E-state index in [1.54, 1.807) is 31.2 Å². The average molecular weight is 307 g/mol. The lowest BCUT2D eigenvalue weighted by atomic mass is 9.89. The van der Waals surface area contributed by atoms with Gasteiger partial charge in [0.05, 0.1) is 5.60 Å². The Balaban J connectivity index is 2.23. The largest absolute Gasteiger partial charge is 0.508 e. The molecule has 0 aliphatic carbocycles. The first-order valence-corrected chi connectivity index (χ1v) is 6.53. The number of phenols is 1. The lowest BCUT2D eigenvalue weighted by Crippen LogP contribution is -2.24. The molecule has 0 aliphatic heterocycles. The molecular formula is C15H15BrO2. The molecule has 0 aromatic heterocycles. The number of aromatic hydroxyl groups is 1. The number of phenolic OH excluding ortho intramolecular Hbond substituents is 1. The zero-order valence-electron chi connectivity index (χ0n) is 10.1. The fourth-order valence-electron chi connectivity index (χ4n) is 1.97. The summed E-state index contributed by atoms with van der Waals surface area (Å²) in [6.07, 6.45) is 0.525. The van der Waals surface area contributed by atoms with Crippen molar-refractivity contribution in [1.82, 2.24) is 0 Å². The van der Waals surface area contributed by atoms with Crippen molar-refractivity contribution < 1.29 is 10.2 Å². The molecule has 0 fully saturated rings. The maximum Gasteiger partial charge on any atom is 0.115 e. The molecule has 2 N–H and O–H groups in total. The molecule has 2 aromatic carbocycles. The Morgan fingerprint density at radius 1 is 1.11 bits per heavy atom. The third kappa shape index (κ3) is 3.12. The zero-order valence-corrected chi connectivity index (χ0v) is 11.7. The van der Waals surface area contributed by atoms with Gasteiger partial charge in [-0.1, -0.05) is 40.2 Å². The summed E-state index contributed by atoms with van der Waals surface area (Å²) in [5.74, 6) is 0.206. The molecule has 2 nitrogen and oxygen atoms in total. The topological polar surface area (TPSA) is 40.5 Å². The first-order chi connectivity index (χ1) is 8.47. The molecule has 2 aromatic rings. The number of hydrogen-bond acceptors (Lipinski definition) is 2. The molecule has 0 bridgehead atoms. The second kappa shape index (κ2) is 5.12. The zero-order chi connectivity index (χ0) is 13.2. The molecule has 2 rings (SSSR count). The maximum absolute atomic E-state index is 10.5. The molecule has 1 atom stereocenters. The van der Waals surface area contributed by atoms with Crippen molar-refractivity contribution in [2.24, 2.45) is 0 Å². The summed E-state index contributed by atoms with van der Waals surface area (Å²) in [7, 11) is 0. The summed E-state index contributed by atoms with van der Waals surface area (Å²) in [6, 6.07) is 14.6. The van der Waals surface area contributed by atoms with Crippen molar-refractivity contribution in [3.63, 3.8) is 0 Å². The van der Waals surface area contributed by atoms with Gasteiger partial charge in [-0.3, -0.25) is 0 Å². The number of benzene rings is 2. The van der Waals surface area contributed by atoms with E-state index < -0.39 is 5.60 Å². The van der Waals surface area contributed by atoms with Crippen LogP contribution in [-0.2, 0) is 12.0 Å². The molecule has 0 saturated carbocycles. The number of aliphatic hydroxyl groups is 1. The highest BCUT2D eigenvalue weighted by Crippen LogP contribution is 2.27. The van der Waals surface area contributed by atoms with Gasteiger partial charge >= 0.3 is 0 Å².